The lowest BCUT2D eigenvalue weighted by Gasteiger charge is -2.53. The van der Waals surface area contributed by atoms with Gasteiger partial charge in [0.15, 0.2) is 5.78 Å². The van der Waals surface area contributed by atoms with E-state index in [0.717, 1.165) is 44.1 Å². The Balaban J connectivity index is 1.77. The van der Waals surface area contributed by atoms with Gasteiger partial charge in [-0.25, -0.2) is 0 Å². The Morgan fingerprint density at radius 3 is 2.74 bits per heavy atom. The molecule has 4 aliphatic carbocycles. The normalized spacial score (nSPS) is 40.4. The van der Waals surface area contributed by atoms with Crippen LogP contribution in [0.3, 0.4) is 0 Å². The van der Waals surface area contributed by atoms with Crippen LogP contribution in [-0.4, -0.2) is 17.0 Å². The van der Waals surface area contributed by atoms with Crippen molar-refractivity contribution >= 4 is 29.0 Å². The van der Waals surface area contributed by atoms with Crippen LogP contribution in [0.15, 0.2) is 32.9 Å². The number of carbonyl (C=O) groups excluding carboxylic acids is 1. The Hall–Kier alpha value is -0.570. The van der Waals surface area contributed by atoms with Crippen LogP contribution >= 0.6 is 23.2 Å². The SMILES string of the molecule is C[C@]12CCC3=C4CCC(=O)C(Cl)=C4CC[C@H]3[C@@H]1CC=C(Cl)C2O. The zero-order valence-electron chi connectivity index (χ0n) is 13.4. The Morgan fingerprint density at radius 1 is 1.17 bits per heavy atom. The van der Waals surface area contributed by atoms with Crippen LogP contribution in [0.4, 0.5) is 0 Å². The van der Waals surface area contributed by atoms with Gasteiger partial charge in [-0.2, -0.15) is 0 Å². The Morgan fingerprint density at radius 2 is 1.96 bits per heavy atom. The van der Waals surface area contributed by atoms with E-state index in [-0.39, 0.29) is 11.2 Å². The maximum Gasteiger partial charge on any atom is 0.174 e. The molecule has 0 saturated heterocycles. The van der Waals surface area contributed by atoms with Crippen molar-refractivity contribution in [3.05, 3.63) is 32.9 Å². The summed E-state index contributed by atoms with van der Waals surface area (Å²) in [7, 11) is 0. The first kappa shape index (κ1) is 15.9. The summed E-state index contributed by atoms with van der Waals surface area (Å²) in [5, 5.41) is 11.7. The van der Waals surface area contributed by atoms with Crippen molar-refractivity contribution in [2.45, 2.75) is 58.0 Å². The molecule has 0 aliphatic heterocycles. The number of rotatable bonds is 0. The number of allylic oxidation sites excluding steroid dienone is 5. The van der Waals surface area contributed by atoms with Gasteiger partial charge in [-0.05, 0) is 61.5 Å². The lowest BCUT2D eigenvalue weighted by atomic mass is 9.52. The average molecular weight is 353 g/mol. The van der Waals surface area contributed by atoms with Crippen molar-refractivity contribution in [2.75, 3.05) is 0 Å². The van der Waals surface area contributed by atoms with Crippen LogP contribution in [0.5, 0.6) is 0 Å². The molecule has 1 saturated carbocycles. The molecule has 0 bridgehead atoms. The number of hydrogen-bond acceptors (Lipinski definition) is 2. The molecule has 0 amide bonds. The molecule has 0 spiro atoms. The first-order valence-electron chi connectivity index (χ1n) is 8.61. The molecule has 1 N–H and O–H groups in total. The molecule has 124 valence electrons. The molecule has 0 heterocycles. The van der Waals surface area contributed by atoms with E-state index in [0.29, 0.717) is 28.3 Å². The van der Waals surface area contributed by atoms with Crippen LogP contribution in [0, 0.1) is 17.3 Å². The van der Waals surface area contributed by atoms with Gasteiger partial charge in [0.2, 0.25) is 0 Å². The van der Waals surface area contributed by atoms with E-state index >= 15 is 0 Å². The molecule has 2 nitrogen and oxygen atoms in total. The van der Waals surface area contributed by atoms with E-state index in [9.17, 15) is 9.90 Å². The molecule has 4 heteroatoms. The summed E-state index contributed by atoms with van der Waals surface area (Å²) in [5.41, 5.74) is 3.86. The topological polar surface area (TPSA) is 37.3 Å². The summed E-state index contributed by atoms with van der Waals surface area (Å²) in [5.74, 6) is 1.04. The number of aliphatic hydroxyl groups excluding tert-OH is 1. The monoisotopic (exact) mass is 352 g/mol. The van der Waals surface area contributed by atoms with E-state index in [1.165, 1.54) is 11.1 Å². The van der Waals surface area contributed by atoms with Gasteiger partial charge in [0.1, 0.15) is 0 Å². The molecule has 1 fully saturated rings. The van der Waals surface area contributed by atoms with Gasteiger partial charge in [-0.15, -0.1) is 0 Å². The molecular weight excluding hydrogens is 331 g/mol. The molecule has 0 radical (unpaired) electrons. The van der Waals surface area contributed by atoms with Gasteiger partial charge < -0.3 is 5.11 Å². The van der Waals surface area contributed by atoms with Gasteiger partial charge >= 0.3 is 0 Å². The number of fused-ring (bicyclic) bond motifs is 4. The van der Waals surface area contributed by atoms with Crippen molar-refractivity contribution in [2.24, 2.45) is 17.3 Å². The third-order valence-corrected chi connectivity index (χ3v) is 7.53. The predicted octanol–water partition coefficient (Wildman–Crippen LogP) is 4.85. The molecular formula is C19H22Cl2O2. The quantitative estimate of drug-likeness (QED) is 0.676. The van der Waals surface area contributed by atoms with Gasteiger partial charge in [-0.1, -0.05) is 41.8 Å². The molecule has 0 aromatic rings. The fourth-order valence-electron chi connectivity index (χ4n) is 5.38. The van der Waals surface area contributed by atoms with Crippen LogP contribution in [-0.2, 0) is 4.79 Å². The maximum absolute atomic E-state index is 11.9. The fraction of sp³-hybridized carbons (Fsp3) is 0.632. The number of aliphatic hydroxyl groups is 1. The highest BCUT2D eigenvalue weighted by atomic mass is 35.5. The van der Waals surface area contributed by atoms with Gasteiger partial charge in [-0.3, -0.25) is 4.79 Å². The van der Waals surface area contributed by atoms with Crippen LogP contribution < -0.4 is 0 Å². The summed E-state index contributed by atoms with van der Waals surface area (Å²) in [6, 6.07) is 0. The smallest absolute Gasteiger partial charge is 0.174 e. The minimum absolute atomic E-state index is 0.105. The van der Waals surface area contributed by atoms with E-state index in [2.05, 4.69) is 6.92 Å². The molecule has 4 atom stereocenters. The average Bonchev–Trinajstić information content (AvgIpc) is 2.54. The van der Waals surface area contributed by atoms with Crippen LogP contribution in [0.25, 0.3) is 0 Å². The van der Waals surface area contributed by atoms with Gasteiger partial charge in [0, 0.05) is 16.9 Å². The standard InChI is InChI=1S/C19H22Cl2O2/c1-19-9-8-11-10-4-7-16(22)17(21)13(10)3-2-12(11)14(19)5-6-15(20)18(19)23/h6,12,14,18,23H,2-5,7-9H2,1H3/t12-,14+,18?,19+/m1/s1. The van der Waals surface area contributed by atoms with E-state index in [4.69, 9.17) is 23.2 Å². The number of Topliss-reactive ketones (excluding diaryl/α,β-unsaturated/α-hetero) is 1. The summed E-state index contributed by atoms with van der Waals surface area (Å²) in [4.78, 5) is 11.9. The Kier molecular flexibility index (Phi) is 3.79. The molecule has 4 aliphatic rings. The fourth-order valence-corrected chi connectivity index (χ4v) is 6.02. The summed E-state index contributed by atoms with van der Waals surface area (Å²) in [6.45, 7) is 2.20. The van der Waals surface area contributed by atoms with Crippen LogP contribution in [0.2, 0.25) is 0 Å². The van der Waals surface area contributed by atoms with E-state index < -0.39 is 6.10 Å². The minimum Gasteiger partial charge on any atom is -0.387 e. The Bertz CT molecular complexity index is 673. The summed E-state index contributed by atoms with van der Waals surface area (Å²) in [6.07, 6.45) is 7.69. The largest absolute Gasteiger partial charge is 0.387 e. The second-order valence-electron chi connectivity index (χ2n) is 7.70. The first-order valence-corrected chi connectivity index (χ1v) is 9.37. The zero-order chi connectivity index (χ0) is 16.4. The third-order valence-electron chi connectivity index (χ3n) is 6.74. The number of halogens is 2. The van der Waals surface area contributed by atoms with Crippen molar-refractivity contribution in [1.82, 2.24) is 0 Å². The van der Waals surface area contributed by atoms with Gasteiger partial charge in [0.05, 0.1) is 11.1 Å². The molecule has 23 heavy (non-hydrogen) atoms. The highest BCUT2D eigenvalue weighted by Gasteiger charge is 2.52. The molecule has 0 aromatic heterocycles. The minimum atomic E-state index is -0.539. The van der Waals surface area contributed by atoms with Crippen molar-refractivity contribution in [3.8, 4) is 0 Å². The summed E-state index contributed by atoms with van der Waals surface area (Å²) < 4.78 is 0. The highest BCUT2D eigenvalue weighted by molar-refractivity contribution is 6.43. The lowest BCUT2D eigenvalue weighted by molar-refractivity contribution is -0.115. The highest BCUT2D eigenvalue weighted by Crippen LogP contribution is 2.59. The zero-order valence-corrected chi connectivity index (χ0v) is 14.9. The first-order chi connectivity index (χ1) is 10.9. The van der Waals surface area contributed by atoms with Crippen molar-refractivity contribution < 1.29 is 9.90 Å². The second-order valence-corrected chi connectivity index (χ2v) is 8.52. The number of carbonyl (C=O) groups is 1. The predicted molar refractivity (Wildman–Crippen MR) is 92.3 cm³/mol. The second kappa shape index (κ2) is 5.47. The van der Waals surface area contributed by atoms with Crippen molar-refractivity contribution in [3.63, 3.8) is 0 Å². The lowest BCUT2D eigenvalue weighted by Crippen LogP contribution is -2.49. The van der Waals surface area contributed by atoms with E-state index in [1.807, 2.05) is 6.08 Å². The van der Waals surface area contributed by atoms with Gasteiger partial charge in [0.25, 0.3) is 0 Å². The maximum atomic E-state index is 11.9. The summed E-state index contributed by atoms with van der Waals surface area (Å²) >= 11 is 12.5. The van der Waals surface area contributed by atoms with E-state index in [1.54, 1.807) is 0 Å². The molecule has 0 aromatic carbocycles. The molecule has 1 unspecified atom stereocenters. The molecule has 4 rings (SSSR count). The number of ketones is 1. The third kappa shape index (κ3) is 2.22. The number of hydrogen-bond donors (Lipinski definition) is 1. The van der Waals surface area contributed by atoms with Crippen molar-refractivity contribution in [1.29, 1.82) is 0 Å². The van der Waals surface area contributed by atoms with Crippen LogP contribution in [0.1, 0.15) is 51.9 Å². The Labute approximate surface area is 147 Å².